The van der Waals surface area contributed by atoms with Gasteiger partial charge < -0.3 is 14.6 Å². The van der Waals surface area contributed by atoms with E-state index in [0.29, 0.717) is 48.3 Å². The molecule has 1 amide bonds. The zero-order chi connectivity index (χ0) is 28.6. The number of methoxy groups -OCH3 is 2. The van der Waals surface area contributed by atoms with Crippen LogP contribution in [-0.4, -0.2) is 46.2 Å². The topological polar surface area (TPSA) is 115 Å². The monoisotopic (exact) mass is 598 g/mol. The number of para-hydroxylation sites is 1. The van der Waals surface area contributed by atoms with Crippen molar-refractivity contribution < 1.29 is 28.6 Å². The number of aliphatic hydroxyl groups excluding tert-OH is 1. The van der Waals surface area contributed by atoms with Gasteiger partial charge in [-0.15, -0.1) is 21.5 Å². The molecule has 1 N–H and O–H groups in total. The molecule has 2 aromatic carbocycles. The number of benzene rings is 2. The van der Waals surface area contributed by atoms with Gasteiger partial charge in [0.1, 0.15) is 11.9 Å². The number of carbonyl (C=O) groups excluding carboxylic acids is 2. The fourth-order valence-corrected chi connectivity index (χ4v) is 7.16. The Bertz CT molecular complexity index is 1650. The number of Topliss-reactive ketones (excluding diaryl/α,β-unsaturated/α-hetero) is 1. The third kappa shape index (κ3) is 4.95. The molecular weight excluding hydrogens is 576 g/mol. The number of halogens is 1. The van der Waals surface area contributed by atoms with Crippen LogP contribution in [0.25, 0.3) is 0 Å². The lowest BCUT2D eigenvalue weighted by atomic mass is 9.94. The predicted octanol–water partition coefficient (Wildman–Crippen LogP) is 5.84. The number of hydrogen-bond donors (Lipinski definition) is 1. The van der Waals surface area contributed by atoms with E-state index in [1.54, 1.807) is 50.2 Å². The summed E-state index contributed by atoms with van der Waals surface area (Å²) < 4.78 is 25.7. The third-order valence-electron chi connectivity index (χ3n) is 6.20. The first-order chi connectivity index (χ1) is 19.2. The van der Waals surface area contributed by atoms with Crippen molar-refractivity contribution in [3.63, 3.8) is 0 Å². The lowest BCUT2D eigenvalue weighted by Gasteiger charge is -2.26. The van der Waals surface area contributed by atoms with Crippen LogP contribution in [-0.2, 0) is 10.5 Å². The Morgan fingerprint density at radius 3 is 2.55 bits per heavy atom. The SMILES string of the molecule is COc1cccc(C2C(C(=O)c3sc(C)nc3C)=C(O)C(=O)N2c2nnc(SCc3ccccc3F)s2)c1OC. The van der Waals surface area contributed by atoms with Crippen LogP contribution in [0.1, 0.15) is 37.5 Å². The molecule has 13 heteroatoms. The number of thioether (sulfide) groups is 1. The minimum atomic E-state index is -1.09. The molecule has 0 saturated heterocycles. The molecule has 1 atom stereocenters. The number of rotatable bonds is 9. The number of anilines is 1. The summed E-state index contributed by atoms with van der Waals surface area (Å²) in [7, 11) is 2.93. The first-order valence-electron chi connectivity index (χ1n) is 11.9. The second-order valence-corrected chi connectivity index (χ2v) is 12.0. The molecule has 1 aliphatic heterocycles. The molecule has 3 heterocycles. The van der Waals surface area contributed by atoms with Gasteiger partial charge in [-0.25, -0.2) is 9.37 Å². The second-order valence-electron chi connectivity index (χ2n) is 8.63. The molecule has 0 bridgehead atoms. The van der Waals surface area contributed by atoms with E-state index < -0.39 is 23.5 Å². The number of ketones is 1. The average Bonchev–Trinajstić information content (AvgIpc) is 3.62. The minimum absolute atomic E-state index is 0.126. The predicted molar refractivity (Wildman–Crippen MR) is 151 cm³/mol. The summed E-state index contributed by atoms with van der Waals surface area (Å²) in [6.07, 6.45) is 0. The van der Waals surface area contributed by atoms with Crippen LogP contribution in [0.3, 0.4) is 0 Å². The van der Waals surface area contributed by atoms with Crippen molar-refractivity contribution in [1.29, 1.82) is 0 Å². The van der Waals surface area contributed by atoms with E-state index in [1.807, 2.05) is 0 Å². The lowest BCUT2D eigenvalue weighted by Crippen LogP contribution is -2.31. The largest absolute Gasteiger partial charge is 0.503 e. The van der Waals surface area contributed by atoms with Crippen LogP contribution >= 0.6 is 34.4 Å². The molecule has 0 saturated carbocycles. The Kier molecular flexibility index (Phi) is 7.88. The summed E-state index contributed by atoms with van der Waals surface area (Å²) in [4.78, 5) is 33.3. The first kappa shape index (κ1) is 27.7. The van der Waals surface area contributed by atoms with E-state index in [0.717, 1.165) is 11.3 Å². The van der Waals surface area contributed by atoms with Gasteiger partial charge >= 0.3 is 0 Å². The minimum Gasteiger partial charge on any atom is -0.503 e. The van der Waals surface area contributed by atoms with E-state index in [9.17, 15) is 19.1 Å². The number of nitrogens with zero attached hydrogens (tertiary/aromatic N) is 4. The van der Waals surface area contributed by atoms with Gasteiger partial charge in [0.05, 0.1) is 35.4 Å². The molecule has 2 aromatic heterocycles. The standard InChI is InChI=1S/C27H23FN4O5S3/c1-13-24(39-14(2)29-13)21(33)19-20(16-9-7-11-18(36-3)23(16)37-4)32(25(35)22(19)34)26-30-31-27(40-26)38-12-15-8-5-6-10-17(15)28/h5-11,20,34H,12H2,1-4H3. The van der Waals surface area contributed by atoms with E-state index in [2.05, 4.69) is 15.2 Å². The van der Waals surface area contributed by atoms with Gasteiger partial charge in [-0.05, 0) is 31.5 Å². The molecule has 1 unspecified atom stereocenters. The third-order valence-corrected chi connectivity index (χ3v) is 9.38. The zero-order valence-electron chi connectivity index (χ0n) is 21.8. The van der Waals surface area contributed by atoms with Crippen LogP contribution in [0.5, 0.6) is 11.5 Å². The fourth-order valence-electron chi connectivity index (χ4n) is 4.43. The smallest absolute Gasteiger partial charge is 0.296 e. The Morgan fingerprint density at radius 1 is 1.10 bits per heavy atom. The summed E-state index contributed by atoms with van der Waals surface area (Å²) >= 11 is 3.54. The summed E-state index contributed by atoms with van der Waals surface area (Å²) in [6.45, 7) is 3.48. The normalized spacial score (nSPS) is 15.2. The summed E-state index contributed by atoms with van der Waals surface area (Å²) in [5, 5.41) is 20.3. The number of ether oxygens (including phenoxy) is 2. The van der Waals surface area contributed by atoms with Crippen molar-refractivity contribution in [1.82, 2.24) is 15.2 Å². The highest BCUT2D eigenvalue weighted by Gasteiger charge is 2.48. The number of carbonyl (C=O) groups is 2. The van der Waals surface area contributed by atoms with Gasteiger partial charge in [0.2, 0.25) is 10.9 Å². The Morgan fingerprint density at radius 2 is 1.88 bits per heavy atom. The molecule has 40 heavy (non-hydrogen) atoms. The average molecular weight is 599 g/mol. The van der Waals surface area contributed by atoms with E-state index in [-0.39, 0.29) is 16.5 Å². The molecule has 0 spiro atoms. The lowest BCUT2D eigenvalue weighted by molar-refractivity contribution is -0.117. The van der Waals surface area contributed by atoms with Gasteiger partial charge in [-0.3, -0.25) is 14.5 Å². The summed E-state index contributed by atoms with van der Waals surface area (Å²) in [5.74, 6) is -1.37. The molecular formula is C27H23FN4O5S3. The molecule has 0 radical (unpaired) electrons. The molecule has 9 nitrogen and oxygen atoms in total. The van der Waals surface area contributed by atoms with Gasteiger partial charge in [0.25, 0.3) is 5.91 Å². The maximum Gasteiger partial charge on any atom is 0.296 e. The molecule has 206 valence electrons. The van der Waals surface area contributed by atoms with Gasteiger partial charge in [-0.1, -0.05) is 53.4 Å². The van der Waals surface area contributed by atoms with E-state index >= 15 is 0 Å². The van der Waals surface area contributed by atoms with Crippen molar-refractivity contribution in [2.75, 3.05) is 19.1 Å². The molecule has 0 fully saturated rings. The number of thiazole rings is 1. The van der Waals surface area contributed by atoms with Gasteiger partial charge in [-0.2, -0.15) is 0 Å². The summed E-state index contributed by atoms with van der Waals surface area (Å²) in [6, 6.07) is 10.4. The number of hydrogen-bond acceptors (Lipinski definition) is 11. The van der Waals surface area contributed by atoms with E-state index in [4.69, 9.17) is 9.47 Å². The van der Waals surface area contributed by atoms with Crippen LogP contribution in [0.2, 0.25) is 0 Å². The first-order valence-corrected chi connectivity index (χ1v) is 14.5. The number of aliphatic hydroxyl groups is 1. The van der Waals surface area contributed by atoms with Crippen molar-refractivity contribution >= 4 is 51.3 Å². The summed E-state index contributed by atoms with van der Waals surface area (Å²) in [5.41, 5.74) is 1.29. The van der Waals surface area contributed by atoms with Crippen molar-refractivity contribution in [3.05, 3.63) is 86.3 Å². The van der Waals surface area contributed by atoms with Crippen molar-refractivity contribution in [2.45, 2.75) is 30.0 Å². The van der Waals surface area contributed by atoms with Crippen molar-refractivity contribution in [3.8, 4) is 11.5 Å². The quantitative estimate of drug-likeness (QED) is 0.144. The number of amides is 1. The molecule has 4 aromatic rings. The van der Waals surface area contributed by atoms with Crippen LogP contribution < -0.4 is 14.4 Å². The highest BCUT2D eigenvalue weighted by Crippen LogP contribution is 2.48. The maximum absolute atomic E-state index is 14.1. The Labute approximate surface area is 241 Å². The van der Waals surface area contributed by atoms with Gasteiger partial charge in [0.15, 0.2) is 21.6 Å². The van der Waals surface area contributed by atoms with E-state index in [1.165, 1.54) is 48.3 Å². The highest BCUT2D eigenvalue weighted by atomic mass is 32.2. The maximum atomic E-state index is 14.1. The number of aryl methyl sites for hydroxylation is 2. The second kappa shape index (κ2) is 11.4. The van der Waals surface area contributed by atoms with Crippen LogP contribution in [0, 0.1) is 19.7 Å². The molecule has 1 aliphatic rings. The van der Waals surface area contributed by atoms with Crippen LogP contribution in [0.4, 0.5) is 9.52 Å². The fraction of sp³-hybridized carbons (Fsp3) is 0.222. The van der Waals surface area contributed by atoms with Crippen molar-refractivity contribution in [2.24, 2.45) is 0 Å². The highest BCUT2D eigenvalue weighted by molar-refractivity contribution is 8.00. The van der Waals surface area contributed by atoms with Gasteiger partial charge in [0, 0.05) is 11.3 Å². The zero-order valence-corrected chi connectivity index (χ0v) is 24.2. The molecule has 0 aliphatic carbocycles. The Hall–Kier alpha value is -3.81. The molecule has 5 rings (SSSR count). The number of aromatic nitrogens is 3. The van der Waals surface area contributed by atoms with Crippen LogP contribution in [0.15, 0.2) is 58.1 Å². The Balaban J connectivity index is 1.58.